The molecule has 0 amide bonds. The van der Waals surface area contributed by atoms with Gasteiger partial charge in [0.2, 0.25) is 11.7 Å². The number of carbonyl (C=O) groups is 1. The van der Waals surface area contributed by atoms with Gasteiger partial charge in [-0.05, 0) is 25.0 Å². The lowest BCUT2D eigenvalue weighted by Gasteiger charge is -2.35. The van der Waals surface area contributed by atoms with Crippen LogP contribution in [0, 0.1) is 0 Å². The van der Waals surface area contributed by atoms with Crippen LogP contribution in [-0.4, -0.2) is 72.9 Å². The third-order valence-electron chi connectivity index (χ3n) is 5.71. The lowest BCUT2D eigenvalue weighted by Crippen LogP contribution is -2.46. The molecule has 0 radical (unpaired) electrons. The summed E-state index contributed by atoms with van der Waals surface area (Å²) in [5, 5.41) is 8.75. The number of rotatable bonds is 13. The summed E-state index contributed by atoms with van der Waals surface area (Å²) >= 11 is 0. The van der Waals surface area contributed by atoms with Gasteiger partial charge in [-0.15, -0.1) is 0 Å². The lowest BCUT2D eigenvalue weighted by atomic mass is 10.1. The van der Waals surface area contributed by atoms with Gasteiger partial charge in [-0.2, -0.15) is 0 Å². The Morgan fingerprint density at radius 3 is 2.36 bits per heavy atom. The van der Waals surface area contributed by atoms with Crippen LogP contribution >= 0.6 is 0 Å². The predicted molar refractivity (Wildman–Crippen MR) is 125 cm³/mol. The maximum absolute atomic E-state index is 10.6. The maximum Gasteiger partial charge on any atom is 0.303 e. The molecule has 9 heteroatoms. The number of aliphatic carboxylic acids is 1. The Hall–Kier alpha value is -3.07. The van der Waals surface area contributed by atoms with Gasteiger partial charge in [0, 0.05) is 57.1 Å². The zero-order chi connectivity index (χ0) is 23.5. The average Bonchev–Trinajstić information content (AvgIpc) is 2.84. The number of aromatic nitrogens is 2. The van der Waals surface area contributed by atoms with Gasteiger partial charge in [-0.25, -0.2) is 9.97 Å². The number of nitrogens with zero attached hydrogens (tertiary/aromatic N) is 4. The van der Waals surface area contributed by atoms with Crippen LogP contribution in [0.3, 0.4) is 0 Å². The first-order valence-corrected chi connectivity index (χ1v) is 11.4. The first kappa shape index (κ1) is 24.6. The van der Waals surface area contributed by atoms with Crippen molar-refractivity contribution in [2.45, 2.75) is 38.6 Å². The molecule has 180 valence electrons. The van der Waals surface area contributed by atoms with Crippen LogP contribution in [0.15, 0.2) is 30.6 Å². The molecule has 1 aliphatic rings. The minimum absolute atomic E-state index is 0.221. The smallest absolute Gasteiger partial charge is 0.303 e. The zero-order valence-electron chi connectivity index (χ0n) is 19.5. The van der Waals surface area contributed by atoms with E-state index >= 15 is 0 Å². The lowest BCUT2D eigenvalue weighted by molar-refractivity contribution is -0.137. The van der Waals surface area contributed by atoms with Gasteiger partial charge in [-0.3, -0.25) is 9.69 Å². The number of carboxylic acid groups (broad SMARTS) is 1. The van der Waals surface area contributed by atoms with E-state index in [1.807, 2.05) is 18.2 Å². The van der Waals surface area contributed by atoms with E-state index in [1.54, 1.807) is 26.6 Å². The molecular weight excluding hydrogens is 424 g/mol. The quantitative estimate of drug-likeness (QED) is 0.454. The van der Waals surface area contributed by atoms with E-state index in [2.05, 4.69) is 19.8 Å². The number of anilines is 1. The van der Waals surface area contributed by atoms with E-state index in [-0.39, 0.29) is 6.42 Å². The number of hydrogen-bond donors (Lipinski definition) is 1. The van der Waals surface area contributed by atoms with Crippen LogP contribution in [0.25, 0.3) is 0 Å². The van der Waals surface area contributed by atoms with Crippen LogP contribution in [0.5, 0.6) is 17.2 Å². The van der Waals surface area contributed by atoms with Gasteiger partial charge in [0.25, 0.3) is 0 Å². The van der Waals surface area contributed by atoms with Crippen molar-refractivity contribution < 1.29 is 24.1 Å². The van der Waals surface area contributed by atoms with Crippen LogP contribution in [0.4, 0.5) is 5.95 Å². The highest BCUT2D eigenvalue weighted by atomic mass is 16.5. The van der Waals surface area contributed by atoms with E-state index in [1.165, 1.54) is 0 Å². The molecule has 0 spiro atoms. The van der Waals surface area contributed by atoms with Crippen molar-refractivity contribution in [3.8, 4) is 17.2 Å². The number of methoxy groups -OCH3 is 2. The Labute approximate surface area is 195 Å². The predicted octanol–water partition coefficient (Wildman–Crippen LogP) is 3.23. The highest BCUT2D eigenvalue weighted by Gasteiger charge is 2.22. The molecule has 2 aromatic rings. The molecule has 1 aromatic carbocycles. The number of carboxylic acids is 1. The molecule has 1 aromatic heterocycles. The van der Waals surface area contributed by atoms with E-state index in [9.17, 15) is 4.79 Å². The molecule has 1 N–H and O–H groups in total. The molecule has 1 fully saturated rings. The largest absolute Gasteiger partial charge is 0.493 e. The Balaban J connectivity index is 1.58. The van der Waals surface area contributed by atoms with Crippen molar-refractivity contribution in [2.24, 2.45) is 0 Å². The van der Waals surface area contributed by atoms with E-state index in [0.717, 1.165) is 69.2 Å². The summed E-state index contributed by atoms with van der Waals surface area (Å²) in [5.41, 5.74) is 1.06. The molecule has 1 aliphatic heterocycles. The summed E-state index contributed by atoms with van der Waals surface area (Å²) < 4.78 is 17.3. The maximum atomic E-state index is 10.6. The van der Waals surface area contributed by atoms with Crippen molar-refractivity contribution in [2.75, 3.05) is 51.9 Å². The number of benzene rings is 1. The molecule has 0 unspecified atom stereocenters. The molecule has 0 atom stereocenters. The minimum atomic E-state index is -0.742. The van der Waals surface area contributed by atoms with Gasteiger partial charge < -0.3 is 24.2 Å². The summed E-state index contributed by atoms with van der Waals surface area (Å²) in [6.07, 6.45) is 7.13. The molecule has 9 nitrogen and oxygen atoms in total. The second-order valence-corrected chi connectivity index (χ2v) is 8.01. The fourth-order valence-electron chi connectivity index (χ4n) is 3.93. The Morgan fingerprint density at radius 2 is 1.70 bits per heavy atom. The fraction of sp³-hybridized carbons (Fsp3) is 0.542. The third-order valence-corrected chi connectivity index (χ3v) is 5.71. The monoisotopic (exact) mass is 458 g/mol. The zero-order valence-corrected chi connectivity index (χ0v) is 19.5. The topological polar surface area (TPSA) is 97.2 Å². The summed E-state index contributed by atoms with van der Waals surface area (Å²) in [7, 11) is 3.24. The van der Waals surface area contributed by atoms with Crippen LogP contribution in [-0.2, 0) is 11.3 Å². The van der Waals surface area contributed by atoms with E-state index in [0.29, 0.717) is 24.5 Å². The number of hydrogen-bond acceptors (Lipinski definition) is 8. The molecule has 2 heterocycles. The standard InChI is InChI=1S/C24H34N4O5/c1-31-20-10-9-19(18-27-13-15-28(16-14-27)24-25-11-7-12-26-24)22(23(20)32-2)33-17-6-4-3-5-8-21(29)30/h7,9-12H,3-6,8,13-18H2,1-2H3,(H,29,30). The highest BCUT2D eigenvalue weighted by Crippen LogP contribution is 2.40. The van der Waals surface area contributed by atoms with Gasteiger partial charge in [-0.1, -0.05) is 18.9 Å². The van der Waals surface area contributed by atoms with E-state index in [4.69, 9.17) is 19.3 Å². The van der Waals surface area contributed by atoms with Crippen LogP contribution in [0.1, 0.15) is 37.7 Å². The molecule has 1 saturated heterocycles. The summed E-state index contributed by atoms with van der Waals surface area (Å²) in [5.74, 6) is 2.00. The van der Waals surface area contributed by atoms with Crippen molar-refractivity contribution >= 4 is 11.9 Å². The van der Waals surface area contributed by atoms with Gasteiger partial charge in [0.05, 0.1) is 20.8 Å². The molecular formula is C24H34N4O5. The summed E-state index contributed by atoms with van der Waals surface area (Å²) in [4.78, 5) is 23.9. The fourth-order valence-corrected chi connectivity index (χ4v) is 3.93. The molecule has 0 aliphatic carbocycles. The first-order chi connectivity index (χ1) is 16.1. The first-order valence-electron chi connectivity index (χ1n) is 11.4. The van der Waals surface area contributed by atoms with Crippen LogP contribution in [0.2, 0.25) is 0 Å². The van der Waals surface area contributed by atoms with Crippen molar-refractivity contribution in [1.29, 1.82) is 0 Å². The second kappa shape index (κ2) is 12.8. The minimum Gasteiger partial charge on any atom is -0.493 e. The summed E-state index contributed by atoms with van der Waals surface area (Å²) in [6, 6.07) is 5.78. The number of piperazine rings is 1. The molecule has 3 rings (SSSR count). The van der Waals surface area contributed by atoms with Crippen molar-refractivity contribution in [1.82, 2.24) is 14.9 Å². The van der Waals surface area contributed by atoms with Crippen LogP contribution < -0.4 is 19.1 Å². The third kappa shape index (κ3) is 7.21. The van der Waals surface area contributed by atoms with Gasteiger partial charge in [0.15, 0.2) is 11.5 Å². The molecule has 33 heavy (non-hydrogen) atoms. The van der Waals surface area contributed by atoms with E-state index < -0.39 is 5.97 Å². The Bertz CT molecular complexity index is 873. The Kier molecular flexibility index (Phi) is 9.56. The second-order valence-electron chi connectivity index (χ2n) is 8.01. The highest BCUT2D eigenvalue weighted by molar-refractivity contribution is 5.66. The van der Waals surface area contributed by atoms with Crippen molar-refractivity contribution in [3.05, 3.63) is 36.2 Å². The number of ether oxygens (including phenoxy) is 3. The van der Waals surface area contributed by atoms with Gasteiger partial charge in [0.1, 0.15) is 0 Å². The summed E-state index contributed by atoms with van der Waals surface area (Å²) in [6.45, 7) is 4.82. The Morgan fingerprint density at radius 1 is 0.970 bits per heavy atom. The molecule has 0 saturated carbocycles. The van der Waals surface area contributed by atoms with Gasteiger partial charge >= 0.3 is 5.97 Å². The van der Waals surface area contributed by atoms with Crippen molar-refractivity contribution in [3.63, 3.8) is 0 Å². The number of unbranched alkanes of at least 4 members (excludes halogenated alkanes) is 3. The average molecular weight is 459 g/mol. The SMILES string of the molecule is COc1ccc(CN2CCN(c3ncccn3)CC2)c(OCCCCCCC(=O)O)c1OC. The molecule has 0 bridgehead atoms. The normalized spacial score (nSPS) is 14.2.